The first-order chi connectivity index (χ1) is 8.27. The van der Waals surface area contributed by atoms with Crippen LogP contribution in [-0.4, -0.2) is 21.8 Å². The van der Waals surface area contributed by atoms with Gasteiger partial charge in [-0.2, -0.15) is 0 Å². The number of rotatable bonds is 4. The normalized spacial score (nSPS) is 12.4. The zero-order valence-corrected chi connectivity index (χ0v) is 10.6. The van der Waals surface area contributed by atoms with Gasteiger partial charge in [0.25, 0.3) is 0 Å². The summed E-state index contributed by atoms with van der Waals surface area (Å²) in [6.45, 7) is 2.00. The summed E-state index contributed by atoms with van der Waals surface area (Å²) in [5.74, 6) is 0.676. The molecule has 0 aliphatic carbocycles. The number of methoxy groups -OCH3 is 1. The summed E-state index contributed by atoms with van der Waals surface area (Å²) in [5.41, 5.74) is 1.59. The molecule has 0 amide bonds. The molecule has 17 heavy (non-hydrogen) atoms. The number of hydrogen-bond acceptors (Lipinski definition) is 5. The van der Waals surface area contributed by atoms with Gasteiger partial charge in [-0.25, -0.2) is 0 Å². The first-order valence-electron chi connectivity index (χ1n) is 5.40. The Bertz CT molecular complexity index is 499. The Morgan fingerprint density at radius 3 is 2.88 bits per heavy atom. The van der Waals surface area contributed by atoms with Crippen molar-refractivity contribution >= 4 is 11.5 Å². The van der Waals surface area contributed by atoms with Crippen molar-refractivity contribution in [3.05, 3.63) is 40.4 Å². The number of aromatic nitrogens is 2. The quantitative estimate of drug-likeness (QED) is 0.903. The lowest BCUT2D eigenvalue weighted by Gasteiger charge is -2.13. The second-order valence-corrected chi connectivity index (χ2v) is 4.37. The van der Waals surface area contributed by atoms with E-state index in [2.05, 4.69) is 9.59 Å². The highest BCUT2D eigenvalue weighted by atomic mass is 32.1. The fourth-order valence-corrected chi connectivity index (χ4v) is 2.45. The lowest BCUT2D eigenvalue weighted by molar-refractivity contribution is 0.217. The zero-order valence-electron chi connectivity index (χ0n) is 9.75. The third kappa shape index (κ3) is 2.30. The van der Waals surface area contributed by atoms with Gasteiger partial charge in [0.05, 0.1) is 17.7 Å². The first kappa shape index (κ1) is 12.0. The number of hydrogen-bond donors (Lipinski definition) is 1. The third-order valence-corrected chi connectivity index (χ3v) is 3.42. The molecule has 1 unspecified atom stereocenters. The Labute approximate surface area is 104 Å². The predicted molar refractivity (Wildman–Crippen MR) is 66.3 cm³/mol. The number of para-hydroxylation sites is 1. The van der Waals surface area contributed by atoms with E-state index < -0.39 is 6.10 Å². The van der Waals surface area contributed by atoms with E-state index in [9.17, 15) is 5.11 Å². The maximum absolute atomic E-state index is 10.4. The van der Waals surface area contributed by atoms with Crippen LogP contribution in [-0.2, 0) is 6.42 Å². The number of ether oxygens (including phenoxy) is 1. The van der Waals surface area contributed by atoms with Gasteiger partial charge >= 0.3 is 0 Å². The van der Waals surface area contributed by atoms with Crippen molar-refractivity contribution in [2.45, 2.75) is 19.4 Å². The van der Waals surface area contributed by atoms with Gasteiger partial charge in [-0.1, -0.05) is 29.6 Å². The highest BCUT2D eigenvalue weighted by Gasteiger charge is 2.20. The average Bonchev–Trinajstić information content (AvgIpc) is 2.86. The maximum atomic E-state index is 10.4. The summed E-state index contributed by atoms with van der Waals surface area (Å²) < 4.78 is 9.13. The van der Waals surface area contributed by atoms with Gasteiger partial charge in [0.1, 0.15) is 11.9 Å². The molecule has 0 spiro atoms. The van der Waals surface area contributed by atoms with E-state index in [4.69, 9.17) is 4.74 Å². The molecule has 0 bridgehead atoms. The monoisotopic (exact) mass is 250 g/mol. The molecule has 0 fully saturated rings. The van der Waals surface area contributed by atoms with E-state index in [0.29, 0.717) is 5.75 Å². The molecule has 1 aromatic carbocycles. The maximum Gasteiger partial charge on any atom is 0.125 e. The van der Waals surface area contributed by atoms with Crippen LogP contribution in [0.3, 0.4) is 0 Å². The Balaban J connectivity index is 2.40. The van der Waals surface area contributed by atoms with Crippen molar-refractivity contribution < 1.29 is 9.84 Å². The number of aryl methyl sites for hydroxylation is 1. The fourth-order valence-electron chi connectivity index (χ4n) is 1.70. The standard InChI is InChI=1S/C12H14N2O2S/c1-3-9-12(17-14-13-9)11(15)8-6-4-5-7-10(8)16-2/h4-7,11,15H,3H2,1-2H3. The molecule has 1 N–H and O–H groups in total. The molecule has 2 rings (SSSR count). The van der Waals surface area contributed by atoms with Crippen LogP contribution in [0.1, 0.15) is 29.2 Å². The Morgan fingerprint density at radius 2 is 2.18 bits per heavy atom. The molecular formula is C12H14N2O2S. The van der Waals surface area contributed by atoms with Gasteiger partial charge in [-0.3, -0.25) is 0 Å². The van der Waals surface area contributed by atoms with Crippen LogP contribution in [0.25, 0.3) is 0 Å². The molecule has 90 valence electrons. The van der Waals surface area contributed by atoms with Crippen molar-refractivity contribution in [1.29, 1.82) is 0 Å². The topological polar surface area (TPSA) is 55.2 Å². The molecule has 5 heteroatoms. The second kappa shape index (κ2) is 5.25. The zero-order chi connectivity index (χ0) is 12.3. The van der Waals surface area contributed by atoms with Crippen LogP contribution in [0, 0.1) is 0 Å². The molecule has 1 aromatic heterocycles. The second-order valence-electron chi connectivity index (χ2n) is 3.58. The van der Waals surface area contributed by atoms with E-state index in [-0.39, 0.29) is 0 Å². The Hall–Kier alpha value is -1.46. The van der Waals surface area contributed by atoms with Crippen molar-refractivity contribution in [2.24, 2.45) is 0 Å². The minimum absolute atomic E-state index is 0.676. The van der Waals surface area contributed by atoms with Crippen LogP contribution >= 0.6 is 11.5 Å². The number of aliphatic hydroxyl groups excluding tert-OH is 1. The van der Waals surface area contributed by atoms with Gasteiger partial charge < -0.3 is 9.84 Å². The summed E-state index contributed by atoms with van der Waals surface area (Å²) in [6, 6.07) is 7.43. The number of aliphatic hydroxyl groups is 1. The molecule has 0 aliphatic rings. The highest BCUT2D eigenvalue weighted by Crippen LogP contribution is 2.32. The lowest BCUT2D eigenvalue weighted by atomic mass is 10.1. The molecule has 1 heterocycles. The van der Waals surface area contributed by atoms with Gasteiger partial charge in [0.2, 0.25) is 0 Å². The molecule has 0 saturated heterocycles. The molecule has 2 aromatic rings. The summed E-state index contributed by atoms with van der Waals surface area (Å²) in [7, 11) is 1.59. The minimum Gasteiger partial charge on any atom is -0.496 e. The molecule has 0 radical (unpaired) electrons. The van der Waals surface area contributed by atoms with Crippen LogP contribution in [0.4, 0.5) is 0 Å². The van der Waals surface area contributed by atoms with Crippen LogP contribution in [0.5, 0.6) is 5.75 Å². The van der Waals surface area contributed by atoms with Crippen molar-refractivity contribution in [3.63, 3.8) is 0 Å². The van der Waals surface area contributed by atoms with E-state index >= 15 is 0 Å². The van der Waals surface area contributed by atoms with Gasteiger partial charge in [-0.05, 0) is 24.0 Å². The smallest absolute Gasteiger partial charge is 0.125 e. The SMILES string of the molecule is CCc1nnsc1C(O)c1ccccc1OC. The highest BCUT2D eigenvalue weighted by molar-refractivity contribution is 7.05. The van der Waals surface area contributed by atoms with E-state index in [1.807, 2.05) is 31.2 Å². The van der Waals surface area contributed by atoms with Crippen molar-refractivity contribution in [1.82, 2.24) is 9.59 Å². The number of benzene rings is 1. The summed E-state index contributed by atoms with van der Waals surface area (Å²) in [4.78, 5) is 0.789. The average molecular weight is 250 g/mol. The third-order valence-electron chi connectivity index (χ3n) is 2.60. The van der Waals surface area contributed by atoms with E-state index in [1.165, 1.54) is 11.5 Å². The van der Waals surface area contributed by atoms with Crippen molar-refractivity contribution in [2.75, 3.05) is 7.11 Å². The Kier molecular flexibility index (Phi) is 3.71. The Morgan fingerprint density at radius 1 is 1.41 bits per heavy atom. The molecular weight excluding hydrogens is 236 g/mol. The molecule has 0 aliphatic heterocycles. The van der Waals surface area contributed by atoms with E-state index in [1.54, 1.807) is 7.11 Å². The molecule has 4 nitrogen and oxygen atoms in total. The predicted octanol–water partition coefficient (Wildman–Crippen LogP) is 2.19. The van der Waals surface area contributed by atoms with Gasteiger partial charge in [0, 0.05) is 5.56 Å². The van der Waals surface area contributed by atoms with E-state index in [0.717, 1.165) is 22.6 Å². The van der Waals surface area contributed by atoms with Crippen LogP contribution in [0.2, 0.25) is 0 Å². The number of nitrogens with zero attached hydrogens (tertiary/aromatic N) is 2. The minimum atomic E-state index is -0.721. The fraction of sp³-hybridized carbons (Fsp3) is 0.333. The molecule has 1 atom stereocenters. The van der Waals surface area contributed by atoms with Crippen LogP contribution in [0.15, 0.2) is 24.3 Å². The van der Waals surface area contributed by atoms with Gasteiger partial charge in [-0.15, -0.1) is 5.10 Å². The van der Waals surface area contributed by atoms with Crippen LogP contribution < -0.4 is 4.74 Å². The van der Waals surface area contributed by atoms with Crippen molar-refractivity contribution in [3.8, 4) is 5.75 Å². The van der Waals surface area contributed by atoms with Gasteiger partial charge in [0.15, 0.2) is 0 Å². The molecule has 0 saturated carbocycles. The first-order valence-corrected chi connectivity index (χ1v) is 6.17. The lowest BCUT2D eigenvalue weighted by Crippen LogP contribution is -2.03. The summed E-state index contributed by atoms with van der Waals surface area (Å²) in [6.07, 6.45) is 0.0407. The summed E-state index contributed by atoms with van der Waals surface area (Å²) in [5, 5.41) is 14.4. The largest absolute Gasteiger partial charge is 0.496 e. The summed E-state index contributed by atoms with van der Waals surface area (Å²) >= 11 is 1.23.